The zero-order valence-corrected chi connectivity index (χ0v) is 15.9. The van der Waals surface area contributed by atoms with Gasteiger partial charge in [-0.3, -0.25) is 14.5 Å². The zero-order valence-electron chi connectivity index (χ0n) is 15.2. The number of likely N-dealkylation sites (tertiary alicyclic amines) is 1. The first-order valence-corrected chi connectivity index (χ1v) is 9.61. The molecule has 5 nitrogen and oxygen atoms in total. The van der Waals surface area contributed by atoms with E-state index in [9.17, 15) is 9.59 Å². The summed E-state index contributed by atoms with van der Waals surface area (Å²) >= 11 is 5.89. The standard InChI is InChI=1S/C21H24ClN3O2/c22-18-10-6-9-17(13-18)21(27)24-15-20(26)23-14-19(25-11-4-5-12-25)16-7-2-1-3-8-16/h1-3,6-10,13,19H,4-5,11-12,14-15H2,(H,23,26)(H,24,27). The maximum Gasteiger partial charge on any atom is 0.251 e. The van der Waals surface area contributed by atoms with Gasteiger partial charge in [0.05, 0.1) is 12.6 Å². The summed E-state index contributed by atoms with van der Waals surface area (Å²) in [5, 5.41) is 6.08. The molecular weight excluding hydrogens is 362 g/mol. The van der Waals surface area contributed by atoms with Gasteiger partial charge in [-0.05, 0) is 49.7 Å². The number of amides is 2. The lowest BCUT2D eigenvalue weighted by Gasteiger charge is -2.28. The topological polar surface area (TPSA) is 61.4 Å². The fraction of sp³-hybridized carbons (Fsp3) is 0.333. The monoisotopic (exact) mass is 385 g/mol. The van der Waals surface area contributed by atoms with Gasteiger partial charge in [-0.15, -0.1) is 0 Å². The van der Waals surface area contributed by atoms with Crippen molar-refractivity contribution in [1.29, 1.82) is 0 Å². The van der Waals surface area contributed by atoms with Crippen LogP contribution in [0.5, 0.6) is 0 Å². The van der Waals surface area contributed by atoms with Gasteiger partial charge in [0.2, 0.25) is 5.91 Å². The van der Waals surface area contributed by atoms with Crippen molar-refractivity contribution in [2.45, 2.75) is 18.9 Å². The third-order valence-corrected chi connectivity index (χ3v) is 4.99. The minimum Gasteiger partial charge on any atom is -0.353 e. The van der Waals surface area contributed by atoms with Gasteiger partial charge in [-0.25, -0.2) is 0 Å². The molecule has 0 radical (unpaired) electrons. The average Bonchev–Trinajstić information content (AvgIpc) is 3.21. The number of halogens is 1. The summed E-state index contributed by atoms with van der Waals surface area (Å²) in [6, 6.07) is 17.0. The Morgan fingerprint density at radius 2 is 1.74 bits per heavy atom. The van der Waals surface area contributed by atoms with Gasteiger partial charge < -0.3 is 10.6 Å². The predicted octanol–water partition coefficient (Wildman–Crippen LogP) is 3.02. The summed E-state index contributed by atoms with van der Waals surface area (Å²) < 4.78 is 0. The van der Waals surface area contributed by atoms with E-state index < -0.39 is 0 Å². The molecule has 1 atom stereocenters. The molecule has 142 valence electrons. The number of rotatable bonds is 7. The number of carbonyl (C=O) groups excluding carboxylic acids is 2. The second-order valence-electron chi connectivity index (χ2n) is 6.67. The van der Waals surface area contributed by atoms with E-state index in [0.29, 0.717) is 17.1 Å². The molecule has 2 N–H and O–H groups in total. The van der Waals surface area contributed by atoms with Gasteiger partial charge in [0.15, 0.2) is 0 Å². The van der Waals surface area contributed by atoms with Crippen molar-refractivity contribution in [3.8, 4) is 0 Å². The van der Waals surface area contributed by atoms with Crippen LogP contribution in [-0.4, -0.2) is 42.9 Å². The van der Waals surface area contributed by atoms with Crippen LogP contribution in [0.25, 0.3) is 0 Å². The summed E-state index contributed by atoms with van der Waals surface area (Å²) in [5.41, 5.74) is 1.64. The second kappa shape index (κ2) is 9.53. The average molecular weight is 386 g/mol. The molecule has 1 saturated heterocycles. The van der Waals surface area contributed by atoms with Crippen molar-refractivity contribution < 1.29 is 9.59 Å². The summed E-state index contributed by atoms with van der Waals surface area (Å²) in [5.74, 6) is -0.516. The lowest BCUT2D eigenvalue weighted by atomic mass is 10.1. The lowest BCUT2D eigenvalue weighted by molar-refractivity contribution is -0.120. The summed E-state index contributed by atoms with van der Waals surface area (Å²) in [6.45, 7) is 2.55. The van der Waals surface area contributed by atoms with Gasteiger partial charge in [0.25, 0.3) is 5.91 Å². The molecule has 1 fully saturated rings. The Kier molecular flexibility index (Phi) is 6.85. The third kappa shape index (κ3) is 5.55. The first kappa shape index (κ1) is 19.4. The Balaban J connectivity index is 1.52. The molecule has 0 aliphatic carbocycles. The maximum atomic E-state index is 12.2. The van der Waals surface area contributed by atoms with E-state index in [1.165, 1.54) is 18.4 Å². The Morgan fingerprint density at radius 1 is 1.00 bits per heavy atom. The SMILES string of the molecule is O=C(CNC(=O)c1cccc(Cl)c1)NCC(c1ccccc1)N1CCCC1. The first-order valence-electron chi connectivity index (χ1n) is 9.23. The largest absolute Gasteiger partial charge is 0.353 e. The van der Waals surface area contributed by atoms with Crippen LogP contribution in [0.3, 0.4) is 0 Å². The highest BCUT2D eigenvalue weighted by molar-refractivity contribution is 6.30. The number of nitrogens with one attached hydrogen (secondary N) is 2. The van der Waals surface area contributed by atoms with Gasteiger partial charge >= 0.3 is 0 Å². The van der Waals surface area contributed by atoms with Crippen molar-refractivity contribution in [3.05, 3.63) is 70.7 Å². The summed E-state index contributed by atoms with van der Waals surface area (Å²) in [7, 11) is 0. The van der Waals surface area contributed by atoms with Gasteiger partial charge in [0, 0.05) is 17.1 Å². The molecule has 0 aromatic heterocycles. The van der Waals surface area contributed by atoms with Crippen LogP contribution in [0.2, 0.25) is 5.02 Å². The van der Waals surface area contributed by atoms with Crippen LogP contribution >= 0.6 is 11.6 Å². The molecule has 0 saturated carbocycles. The summed E-state index contributed by atoms with van der Waals surface area (Å²) in [6.07, 6.45) is 2.37. The molecule has 1 unspecified atom stereocenters. The fourth-order valence-corrected chi connectivity index (χ4v) is 3.54. The van der Waals surface area contributed by atoms with E-state index in [0.717, 1.165) is 13.1 Å². The highest BCUT2D eigenvalue weighted by Crippen LogP contribution is 2.24. The molecule has 0 spiro atoms. The molecule has 27 heavy (non-hydrogen) atoms. The Bertz CT molecular complexity index is 776. The molecule has 2 amide bonds. The van der Waals surface area contributed by atoms with Crippen molar-refractivity contribution in [2.75, 3.05) is 26.2 Å². The highest BCUT2D eigenvalue weighted by Gasteiger charge is 2.23. The smallest absolute Gasteiger partial charge is 0.251 e. The normalized spacial score (nSPS) is 15.3. The van der Waals surface area contributed by atoms with Crippen LogP contribution in [-0.2, 0) is 4.79 Å². The number of hydrogen-bond donors (Lipinski definition) is 2. The molecule has 1 aliphatic heterocycles. The van der Waals surface area contributed by atoms with Gasteiger partial charge in [0.1, 0.15) is 0 Å². The Hall–Kier alpha value is -2.37. The molecule has 6 heteroatoms. The fourth-order valence-electron chi connectivity index (χ4n) is 3.35. The van der Waals surface area contributed by atoms with E-state index in [1.54, 1.807) is 24.3 Å². The van der Waals surface area contributed by atoms with E-state index in [1.807, 2.05) is 18.2 Å². The van der Waals surface area contributed by atoms with E-state index in [4.69, 9.17) is 11.6 Å². The molecule has 1 aliphatic rings. The number of hydrogen-bond acceptors (Lipinski definition) is 3. The van der Waals surface area contributed by atoms with Crippen molar-refractivity contribution in [1.82, 2.24) is 15.5 Å². The molecule has 0 bridgehead atoms. The highest BCUT2D eigenvalue weighted by atomic mass is 35.5. The molecular formula is C21H24ClN3O2. The Morgan fingerprint density at radius 3 is 2.44 bits per heavy atom. The van der Waals surface area contributed by atoms with Crippen molar-refractivity contribution >= 4 is 23.4 Å². The van der Waals surface area contributed by atoms with Crippen LogP contribution < -0.4 is 10.6 Å². The zero-order chi connectivity index (χ0) is 19.1. The predicted molar refractivity (Wildman–Crippen MR) is 107 cm³/mol. The van der Waals surface area contributed by atoms with Crippen molar-refractivity contribution in [2.24, 2.45) is 0 Å². The molecule has 2 aromatic rings. The third-order valence-electron chi connectivity index (χ3n) is 4.75. The number of carbonyl (C=O) groups is 2. The second-order valence-corrected chi connectivity index (χ2v) is 7.10. The number of nitrogens with zero attached hydrogens (tertiary/aromatic N) is 1. The molecule has 3 rings (SSSR count). The summed E-state index contributed by atoms with van der Waals surface area (Å²) in [4.78, 5) is 26.7. The number of benzene rings is 2. The molecule has 2 aromatic carbocycles. The minimum absolute atomic E-state index is 0.0626. The minimum atomic E-state index is -0.313. The van der Waals surface area contributed by atoms with Gasteiger partial charge in [-0.1, -0.05) is 48.0 Å². The van der Waals surface area contributed by atoms with Crippen LogP contribution in [0, 0.1) is 0 Å². The van der Waals surface area contributed by atoms with Crippen LogP contribution in [0.1, 0.15) is 34.8 Å². The van der Waals surface area contributed by atoms with Crippen LogP contribution in [0.15, 0.2) is 54.6 Å². The van der Waals surface area contributed by atoms with E-state index in [2.05, 4.69) is 27.7 Å². The van der Waals surface area contributed by atoms with E-state index in [-0.39, 0.29) is 24.4 Å². The van der Waals surface area contributed by atoms with Gasteiger partial charge in [-0.2, -0.15) is 0 Å². The van der Waals surface area contributed by atoms with E-state index >= 15 is 0 Å². The van der Waals surface area contributed by atoms with Crippen LogP contribution in [0.4, 0.5) is 0 Å². The molecule has 1 heterocycles. The maximum absolute atomic E-state index is 12.2. The van der Waals surface area contributed by atoms with Crippen molar-refractivity contribution in [3.63, 3.8) is 0 Å². The first-order chi connectivity index (χ1) is 13.1. The lowest BCUT2D eigenvalue weighted by Crippen LogP contribution is -2.41. The quantitative estimate of drug-likeness (QED) is 0.770. The Labute approximate surface area is 164 Å².